The Kier molecular flexibility index (Phi) is 59.2. The zero-order valence-corrected chi connectivity index (χ0v) is 47.0. The quantitative estimate of drug-likeness (QED) is 0.0420. The van der Waals surface area contributed by atoms with E-state index in [1.54, 1.807) is 6.08 Å². The van der Waals surface area contributed by atoms with E-state index in [4.69, 9.17) is 0 Å². The first kappa shape index (κ1) is 67.8. The lowest BCUT2D eigenvalue weighted by Gasteiger charge is -2.19. The lowest BCUT2D eigenvalue weighted by atomic mass is 10.0. The molecule has 0 heterocycles. The van der Waals surface area contributed by atoms with Crippen LogP contribution in [-0.2, 0) is 4.79 Å². The number of amides is 1. The van der Waals surface area contributed by atoms with E-state index < -0.39 is 12.1 Å². The van der Waals surface area contributed by atoms with Crippen LogP contribution in [0.15, 0.2) is 72.9 Å². The first-order valence-corrected chi connectivity index (χ1v) is 31.2. The van der Waals surface area contributed by atoms with Gasteiger partial charge in [-0.3, -0.25) is 4.79 Å². The number of hydrogen-bond donors (Lipinski definition) is 3. The van der Waals surface area contributed by atoms with Crippen molar-refractivity contribution in [1.29, 1.82) is 0 Å². The van der Waals surface area contributed by atoms with Gasteiger partial charge < -0.3 is 15.5 Å². The Morgan fingerprint density at radius 3 is 0.929 bits per heavy atom. The van der Waals surface area contributed by atoms with E-state index in [-0.39, 0.29) is 12.5 Å². The molecule has 0 aromatic rings. The predicted molar refractivity (Wildman–Crippen MR) is 313 cm³/mol. The number of hydrogen-bond acceptors (Lipinski definition) is 3. The molecular weight excluding hydrogens is 855 g/mol. The number of allylic oxidation sites excluding steroid dienone is 11. The van der Waals surface area contributed by atoms with E-state index in [2.05, 4.69) is 79.9 Å². The molecular formula is C66H121NO3. The fourth-order valence-electron chi connectivity index (χ4n) is 9.40. The van der Waals surface area contributed by atoms with Crippen LogP contribution in [0.1, 0.15) is 322 Å². The van der Waals surface area contributed by atoms with Crippen LogP contribution in [0.2, 0.25) is 0 Å². The summed E-state index contributed by atoms with van der Waals surface area (Å²) in [5, 5.41) is 23.2. The van der Waals surface area contributed by atoms with E-state index in [1.165, 1.54) is 250 Å². The minimum Gasteiger partial charge on any atom is -0.394 e. The van der Waals surface area contributed by atoms with Crippen LogP contribution in [0.4, 0.5) is 0 Å². The Morgan fingerprint density at radius 1 is 0.343 bits per heavy atom. The molecule has 1 amide bonds. The third-order valence-electron chi connectivity index (χ3n) is 14.1. The second kappa shape index (κ2) is 61.1. The maximum Gasteiger partial charge on any atom is 0.220 e. The molecule has 0 fully saturated rings. The largest absolute Gasteiger partial charge is 0.394 e. The van der Waals surface area contributed by atoms with Crippen LogP contribution in [0.3, 0.4) is 0 Å². The number of carbonyl (C=O) groups is 1. The smallest absolute Gasteiger partial charge is 0.220 e. The lowest BCUT2D eigenvalue weighted by Crippen LogP contribution is -2.45. The van der Waals surface area contributed by atoms with Gasteiger partial charge in [-0.15, -0.1) is 0 Å². The number of aliphatic hydroxyl groups is 2. The summed E-state index contributed by atoms with van der Waals surface area (Å²) in [6.45, 7) is 4.30. The van der Waals surface area contributed by atoms with Crippen molar-refractivity contribution in [2.75, 3.05) is 6.61 Å². The van der Waals surface area contributed by atoms with Gasteiger partial charge >= 0.3 is 0 Å². The summed E-state index contributed by atoms with van der Waals surface area (Å²) < 4.78 is 0. The van der Waals surface area contributed by atoms with Crippen LogP contribution >= 0.6 is 0 Å². The Labute approximate surface area is 438 Å². The van der Waals surface area contributed by atoms with Gasteiger partial charge in [0.1, 0.15) is 0 Å². The van der Waals surface area contributed by atoms with Gasteiger partial charge in [-0.25, -0.2) is 0 Å². The van der Waals surface area contributed by atoms with Crippen LogP contribution in [-0.4, -0.2) is 34.9 Å². The first-order valence-electron chi connectivity index (χ1n) is 31.2. The first-order chi connectivity index (χ1) is 34.7. The summed E-state index contributed by atoms with van der Waals surface area (Å²) in [6.07, 6.45) is 88.1. The monoisotopic (exact) mass is 976 g/mol. The highest BCUT2D eigenvalue weighted by molar-refractivity contribution is 5.76. The van der Waals surface area contributed by atoms with Crippen molar-refractivity contribution in [2.24, 2.45) is 0 Å². The maximum absolute atomic E-state index is 12.5. The Morgan fingerprint density at radius 2 is 0.600 bits per heavy atom. The molecule has 0 aliphatic carbocycles. The Balaban J connectivity index is 3.48. The molecule has 0 radical (unpaired) electrons. The zero-order chi connectivity index (χ0) is 50.6. The summed E-state index contributed by atoms with van der Waals surface area (Å²) in [7, 11) is 0. The SMILES string of the molecule is CCCCCCC/C=C\C/C=C\C/C=C\CCCCCCCCCCCCCCCCCCCCCCCCC(=O)NC(CO)C(O)/C=C/CC/C=C/CC/C=C/CCCCCCCCCCCCC. The van der Waals surface area contributed by atoms with Gasteiger partial charge in [0.05, 0.1) is 18.8 Å². The third-order valence-corrected chi connectivity index (χ3v) is 14.1. The number of carbonyl (C=O) groups excluding carboxylic acids is 1. The molecule has 0 aromatic heterocycles. The van der Waals surface area contributed by atoms with Crippen LogP contribution in [0.25, 0.3) is 0 Å². The fraction of sp³-hybridized carbons (Fsp3) is 0.803. The second-order valence-electron chi connectivity index (χ2n) is 21.1. The third kappa shape index (κ3) is 56.7. The van der Waals surface area contributed by atoms with Crippen molar-refractivity contribution in [1.82, 2.24) is 5.32 Å². The van der Waals surface area contributed by atoms with Gasteiger partial charge in [0, 0.05) is 6.42 Å². The van der Waals surface area contributed by atoms with Gasteiger partial charge in [-0.05, 0) is 83.5 Å². The number of unbranched alkanes of at least 4 members (excludes halogenated alkanes) is 40. The number of nitrogens with one attached hydrogen (secondary N) is 1. The summed E-state index contributed by atoms with van der Waals surface area (Å²) in [5.74, 6) is -0.0743. The summed E-state index contributed by atoms with van der Waals surface area (Å²) >= 11 is 0. The van der Waals surface area contributed by atoms with E-state index in [9.17, 15) is 15.0 Å². The van der Waals surface area contributed by atoms with E-state index in [0.29, 0.717) is 6.42 Å². The molecule has 70 heavy (non-hydrogen) atoms. The topological polar surface area (TPSA) is 69.6 Å². The highest BCUT2D eigenvalue weighted by Crippen LogP contribution is 2.17. The standard InChI is InChI=1S/C66H121NO3/c1-3-5-7-9-11-13-15-17-19-21-23-25-26-27-28-29-30-31-32-33-34-35-36-37-38-39-40-42-44-46-48-50-52-54-56-58-60-62-66(70)67-64(63-68)65(69)61-59-57-55-53-51-49-47-45-43-41-24-22-20-18-16-14-12-10-8-6-4-2/h15,17,21,23,26-27,43,45,51,53,59,61,64-65,68-69H,3-14,16,18-20,22,24-25,28-42,44,46-50,52,54-58,60,62-63H2,1-2H3,(H,67,70)/b17-15-,23-21-,27-26-,45-43+,53-51+,61-59+. The molecule has 408 valence electrons. The average molecular weight is 977 g/mol. The van der Waals surface area contributed by atoms with Gasteiger partial charge in [-0.1, -0.05) is 305 Å². The molecule has 0 aliphatic rings. The molecule has 0 spiro atoms. The summed E-state index contributed by atoms with van der Waals surface area (Å²) in [4.78, 5) is 12.5. The van der Waals surface area contributed by atoms with Crippen LogP contribution < -0.4 is 5.32 Å². The lowest BCUT2D eigenvalue weighted by molar-refractivity contribution is -0.123. The molecule has 0 bridgehead atoms. The molecule has 3 N–H and O–H groups in total. The molecule has 0 rings (SSSR count). The number of rotatable bonds is 57. The Bertz CT molecular complexity index is 1200. The van der Waals surface area contributed by atoms with Gasteiger partial charge in [0.15, 0.2) is 0 Å². The fourth-order valence-corrected chi connectivity index (χ4v) is 9.40. The van der Waals surface area contributed by atoms with Crippen LogP contribution in [0.5, 0.6) is 0 Å². The normalized spacial score (nSPS) is 13.3. The predicted octanol–water partition coefficient (Wildman–Crippen LogP) is 20.9. The van der Waals surface area contributed by atoms with Crippen molar-refractivity contribution in [3.63, 3.8) is 0 Å². The highest BCUT2D eigenvalue weighted by Gasteiger charge is 2.18. The molecule has 4 heteroatoms. The molecule has 2 unspecified atom stereocenters. The van der Waals surface area contributed by atoms with Crippen molar-refractivity contribution in [3.8, 4) is 0 Å². The van der Waals surface area contributed by atoms with Gasteiger partial charge in [0.2, 0.25) is 5.91 Å². The summed E-state index contributed by atoms with van der Waals surface area (Å²) in [6, 6.07) is -0.648. The maximum atomic E-state index is 12.5. The van der Waals surface area contributed by atoms with E-state index >= 15 is 0 Å². The average Bonchev–Trinajstić information content (AvgIpc) is 3.36. The van der Waals surface area contributed by atoms with E-state index in [0.717, 1.165) is 51.4 Å². The minimum atomic E-state index is -0.872. The van der Waals surface area contributed by atoms with E-state index in [1.807, 2.05) is 6.08 Å². The summed E-state index contributed by atoms with van der Waals surface area (Å²) in [5.41, 5.74) is 0. The molecule has 0 aliphatic heterocycles. The Hall–Kier alpha value is -2.17. The highest BCUT2D eigenvalue weighted by atomic mass is 16.3. The molecule has 2 atom stereocenters. The zero-order valence-electron chi connectivity index (χ0n) is 47.0. The van der Waals surface area contributed by atoms with Crippen molar-refractivity contribution < 1.29 is 15.0 Å². The van der Waals surface area contributed by atoms with Crippen molar-refractivity contribution >= 4 is 5.91 Å². The molecule has 0 saturated heterocycles. The molecule has 4 nitrogen and oxygen atoms in total. The minimum absolute atomic E-state index is 0.0743. The molecule has 0 saturated carbocycles. The molecule has 0 aromatic carbocycles. The second-order valence-corrected chi connectivity index (χ2v) is 21.1. The van der Waals surface area contributed by atoms with Crippen molar-refractivity contribution in [3.05, 3.63) is 72.9 Å². The van der Waals surface area contributed by atoms with Crippen LogP contribution in [0, 0.1) is 0 Å². The van der Waals surface area contributed by atoms with Gasteiger partial charge in [-0.2, -0.15) is 0 Å². The van der Waals surface area contributed by atoms with Crippen molar-refractivity contribution in [2.45, 2.75) is 334 Å². The number of aliphatic hydroxyl groups excluding tert-OH is 2. The van der Waals surface area contributed by atoms with Gasteiger partial charge in [0.25, 0.3) is 0 Å².